The van der Waals surface area contributed by atoms with Gasteiger partial charge in [0.05, 0.1) is 10.7 Å². The zero-order valence-electron chi connectivity index (χ0n) is 11.5. The van der Waals surface area contributed by atoms with E-state index in [1.54, 1.807) is 6.92 Å². The molecule has 1 heterocycles. The van der Waals surface area contributed by atoms with Crippen molar-refractivity contribution < 1.29 is 19.1 Å². The smallest absolute Gasteiger partial charge is 0.329 e. The number of likely N-dealkylation sites (tertiary alicyclic amines) is 1. The van der Waals surface area contributed by atoms with Crippen LogP contribution in [0.25, 0.3) is 0 Å². The van der Waals surface area contributed by atoms with Gasteiger partial charge in [-0.25, -0.2) is 14.0 Å². The first-order chi connectivity index (χ1) is 9.92. The van der Waals surface area contributed by atoms with E-state index >= 15 is 0 Å². The second-order valence-electron chi connectivity index (χ2n) is 4.98. The van der Waals surface area contributed by atoms with E-state index in [9.17, 15) is 19.1 Å². The maximum Gasteiger partial charge on any atom is 0.329 e. The summed E-state index contributed by atoms with van der Waals surface area (Å²) in [5.74, 6) is -1.77. The molecule has 1 saturated heterocycles. The molecule has 0 spiro atoms. The van der Waals surface area contributed by atoms with Gasteiger partial charge in [-0.05, 0) is 31.4 Å². The topological polar surface area (TPSA) is 69.6 Å². The lowest BCUT2D eigenvalue weighted by Gasteiger charge is -2.33. The van der Waals surface area contributed by atoms with Gasteiger partial charge in [0.1, 0.15) is 5.54 Å². The third-order valence-electron chi connectivity index (χ3n) is 3.91. The van der Waals surface area contributed by atoms with Crippen LogP contribution in [0.5, 0.6) is 0 Å². The molecule has 7 heteroatoms. The number of rotatable bonds is 3. The predicted octanol–water partition coefficient (Wildman–Crippen LogP) is 3.34. The van der Waals surface area contributed by atoms with Crippen LogP contribution in [0.1, 0.15) is 26.2 Å². The quantitative estimate of drug-likeness (QED) is 0.899. The van der Waals surface area contributed by atoms with Crippen molar-refractivity contribution >= 4 is 29.3 Å². The average molecular weight is 315 g/mol. The number of urea groups is 1. The van der Waals surface area contributed by atoms with Gasteiger partial charge in [0.25, 0.3) is 0 Å². The summed E-state index contributed by atoms with van der Waals surface area (Å²) in [4.78, 5) is 25.1. The Morgan fingerprint density at radius 2 is 2.24 bits per heavy atom. The lowest BCUT2D eigenvalue weighted by molar-refractivity contribution is -0.148. The summed E-state index contributed by atoms with van der Waals surface area (Å²) >= 11 is 5.66. The van der Waals surface area contributed by atoms with Crippen LogP contribution in [0.3, 0.4) is 0 Å². The average Bonchev–Trinajstić information content (AvgIpc) is 2.89. The molecule has 5 nitrogen and oxygen atoms in total. The summed E-state index contributed by atoms with van der Waals surface area (Å²) in [6.07, 6.45) is 1.30. The van der Waals surface area contributed by atoms with Crippen LogP contribution in [0.2, 0.25) is 5.02 Å². The van der Waals surface area contributed by atoms with Gasteiger partial charge in [-0.2, -0.15) is 0 Å². The molecule has 0 saturated carbocycles. The Kier molecular flexibility index (Phi) is 4.37. The molecule has 0 aromatic heterocycles. The number of aliphatic carboxylic acids is 1. The molecule has 1 aliphatic heterocycles. The lowest BCUT2D eigenvalue weighted by atomic mass is 9.93. The van der Waals surface area contributed by atoms with E-state index in [0.717, 1.165) is 0 Å². The Balaban J connectivity index is 2.24. The fourth-order valence-corrected chi connectivity index (χ4v) is 2.87. The first kappa shape index (κ1) is 15.6. The fourth-order valence-electron chi connectivity index (χ4n) is 2.70. The molecule has 2 N–H and O–H groups in total. The largest absolute Gasteiger partial charge is 0.479 e. The second kappa shape index (κ2) is 5.89. The molecule has 1 fully saturated rings. The number of carboxylic acids is 1. The number of amides is 2. The summed E-state index contributed by atoms with van der Waals surface area (Å²) in [7, 11) is 0. The highest BCUT2D eigenvalue weighted by atomic mass is 35.5. The van der Waals surface area contributed by atoms with Gasteiger partial charge < -0.3 is 15.3 Å². The highest BCUT2D eigenvalue weighted by Crippen LogP contribution is 2.33. The number of hydrogen-bond donors (Lipinski definition) is 2. The van der Waals surface area contributed by atoms with Gasteiger partial charge in [-0.1, -0.05) is 24.6 Å². The molecule has 0 radical (unpaired) electrons. The molecule has 0 aliphatic carbocycles. The Morgan fingerprint density at radius 3 is 2.86 bits per heavy atom. The van der Waals surface area contributed by atoms with Crippen molar-refractivity contribution in [2.75, 3.05) is 11.9 Å². The maximum absolute atomic E-state index is 13.8. The van der Waals surface area contributed by atoms with Crippen LogP contribution < -0.4 is 5.32 Å². The van der Waals surface area contributed by atoms with Crippen LogP contribution in [0.4, 0.5) is 14.9 Å². The second-order valence-corrected chi connectivity index (χ2v) is 5.38. The number of anilines is 1. The SMILES string of the molecule is CCC1(C(=O)O)CCCN1C(=O)Nc1cccc(Cl)c1F. The van der Waals surface area contributed by atoms with E-state index in [0.29, 0.717) is 25.8 Å². The number of nitrogens with zero attached hydrogens (tertiary/aromatic N) is 1. The number of benzene rings is 1. The van der Waals surface area contributed by atoms with E-state index in [-0.39, 0.29) is 10.7 Å². The molecule has 2 amide bonds. The normalized spacial score (nSPS) is 21.4. The van der Waals surface area contributed by atoms with Gasteiger partial charge in [-0.15, -0.1) is 0 Å². The van der Waals surface area contributed by atoms with Crippen molar-refractivity contribution in [1.29, 1.82) is 0 Å². The third-order valence-corrected chi connectivity index (χ3v) is 4.20. The van der Waals surface area contributed by atoms with Crippen LogP contribution in [0.15, 0.2) is 18.2 Å². The summed E-state index contributed by atoms with van der Waals surface area (Å²) in [6.45, 7) is 2.05. The molecule has 21 heavy (non-hydrogen) atoms. The van der Waals surface area contributed by atoms with Gasteiger partial charge in [0, 0.05) is 6.54 Å². The minimum Gasteiger partial charge on any atom is -0.479 e. The molecule has 1 atom stereocenters. The van der Waals surface area contributed by atoms with Gasteiger partial charge in [-0.3, -0.25) is 0 Å². The van der Waals surface area contributed by atoms with E-state index in [4.69, 9.17) is 11.6 Å². The standard InChI is InChI=1S/C14H16ClFN2O3/c1-2-14(12(19)20)7-4-8-18(14)13(21)17-10-6-3-5-9(15)11(10)16/h3,5-6H,2,4,7-8H2,1H3,(H,17,21)(H,19,20). The van der Waals surface area contributed by atoms with Crippen molar-refractivity contribution in [3.05, 3.63) is 29.0 Å². The van der Waals surface area contributed by atoms with Crippen molar-refractivity contribution in [2.45, 2.75) is 31.7 Å². The Hall–Kier alpha value is -1.82. The molecule has 114 valence electrons. The molecule has 0 bridgehead atoms. The number of nitrogens with one attached hydrogen (secondary N) is 1. The minimum absolute atomic E-state index is 0.0604. The van der Waals surface area contributed by atoms with Crippen molar-refractivity contribution in [2.24, 2.45) is 0 Å². The number of carboxylic acid groups (broad SMARTS) is 1. The van der Waals surface area contributed by atoms with Gasteiger partial charge >= 0.3 is 12.0 Å². The van der Waals surface area contributed by atoms with Crippen molar-refractivity contribution in [3.63, 3.8) is 0 Å². The minimum atomic E-state index is -1.22. The zero-order chi connectivity index (χ0) is 15.6. The first-order valence-electron chi connectivity index (χ1n) is 6.68. The Bertz CT molecular complexity index is 581. The molecule has 1 unspecified atom stereocenters. The predicted molar refractivity (Wildman–Crippen MR) is 77.0 cm³/mol. The summed E-state index contributed by atoms with van der Waals surface area (Å²) in [6, 6.07) is 3.63. The van der Waals surface area contributed by atoms with E-state index in [1.165, 1.54) is 23.1 Å². The molecule has 1 aliphatic rings. The molecule has 2 rings (SSSR count). The first-order valence-corrected chi connectivity index (χ1v) is 7.06. The van der Waals surface area contributed by atoms with E-state index in [2.05, 4.69) is 5.32 Å². The molecular formula is C14H16ClFN2O3. The molecule has 1 aromatic rings. The van der Waals surface area contributed by atoms with Crippen LogP contribution >= 0.6 is 11.6 Å². The van der Waals surface area contributed by atoms with Gasteiger partial charge in [0.15, 0.2) is 5.82 Å². The lowest BCUT2D eigenvalue weighted by Crippen LogP contribution is -2.54. The number of carbonyl (C=O) groups excluding carboxylic acids is 1. The summed E-state index contributed by atoms with van der Waals surface area (Å²) in [5, 5.41) is 11.7. The van der Waals surface area contributed by atoms with E-state index in [1.807, 2.05) is 0 Å². The highest BCUT2D eigenvalue weighted by molar-refractivity contribution is 6.31. The molecular weight excluding hydrogens is 299 g/mol. The summed E-state index contributed by atoms with van der Waals surface area (Å²) < 4.78 is 13.8. The van der Waals surface area contributed by atoms with Crippen LogP contribution in [-0.2, 0) is 4.79 Å². The van der Waals surface area contributed by atoms with Crippen molar-refractivity contribution in [3.8, 4) is 0 Å². The number of hydrogen-bond acceptors (Lipinski definition) is 2. The van der Waals surface area contributed by atoms with E-state index < -0.39 is 23.4 Å². The number of halogens is 2. The highest BCUT2D eigenvalue weighted by Gasteiger charge is 2.48. The zero-order valence-corrected chi connectivity index (χ0v) is 12.3. The monoisotopic (exact) mass is 314 g/mol. The summed E-state index contributed by atoms with van der Waals surface area (Å²) in [5.41, 5.74) is -1.28. The Morgan fingerprint density at radius 1 is 1.52 bits per heavy atom. The number of carbonyl (C=O) groups is 2. The third kappa shape index (κ3) is 2.68. The fraction of sp³-hybridized carbons (Fsp3) is 0.429. The van der Waals surface area contributed by atoms with Crippen molar-refractivity contribution in [1.82, 2.24) is 4.90 Å². The van der Waals surface area contributed by atoms with Crippen LogP contribution in [-0.4, -0.2) is 34.1 Å². The Labute approximate surface area is 126 Å². The maximum atomic E-state index is 13.8. The van der Waals surface area contributed by atoms with Crippen LogP contribution in [0, 0.1) is 5.82 Å². The van der Waals surface area contributed by atoms with Gasteiger partial charge in [0.2, 0.25) is 0 Å². The molecule has 1 aromatic carbocycles.